The molecule has 0 fully saturated rings. The number of carbonyl (C=O) groups is 1. The highest BCUT2D eigenvalue weighted by molar-refractivity contribution is 6.05. The fraction of sp³-hybridized carbons (Fsp3) is 0.125. The summed E-state index contributed by atoms with van der Waals surface area (Å²) in [6, 6.07) is 19.1. The number of phenols is 1. The zero-order valence-electron chi connectivity index (χ0n) is 17.5. The Balaban J connectivity index is 1.60. The third-order valence-electron chi connectivity index (χ3n) is 5.26. The molecule has 0 bridgehead atoms. The summed E-state index contributed by atoms with van der Waals surface area (Å²) in [5.74, 6) is 2.08. The summed E-state index contributed by atoms with van der Waals surface area (Å²) >= 11 is 0. The van der Waals surface area contributed by atoms with Gasteiger partial charge in [0, 0.05) is 16.9 Å². The van der Waals surface area contributed by atoms with Gasteiger partial charge in [0.2, 0.25) is 5.95 Å². The Kier molecular flexibility index (Phi) is 4.74. The first-order chi connectivity index (χ1) is 15.5. The van der Waals surface area contributed by atoms with Crippen LogP contribution in [0.2, 0.25) is 0 Å². The summed E-state index contributed by atoms with van der Waals surface area (Å²) in [5.41, 5.74) is 2.48. The Bertz CT molecular complexity index is 1340. The predicted molar refractivity (Wildman–Crippen MR) is 120 cm³/mol. The maximum atomic E-state index is 13.4. The number of para-hydroxylation sites is 1. The number of furan rings is 1. The van der Waals surface area contributed by atoms with Crippen molar-refractivity contribution in [2.45, 2.75) is 19.9 Å². The number of rotatable bonds is 4. The minimum absolute atomic E-state index is 0.124. The van der Waals surface area contributed by atoms with E-state index >= 15 is 0 Å². The minimum Gasteiger partial charge on any atom is -0.508 e. The third kappa shape index (κ3) is 3.51. The van der Waals surface area contributed by atoms with Crippen LogP contribution in [0.3, 0.4) is 0 Å². The Hall–Kier alpha value is -4.33. The second kappa shape index (κ2) is 7.73. The van der Waals surface area contributed by atoms with E-state index in [0.717, 1.165) is 5.76 Å². The molecule has 1 aliphatic heterocycles. The van der Waals surface area contributed by atoms with Crippen molar-refractivity contribution < 1.29 is 14.3 Å². The van der Waals surface area contributed by atoms with E-state index < -0.39 is 6.04 Å². The molecule has 0 spiro atoms. The van der Waals surface area contributed by atoms with Crippen LogP contribution in [0.4, 0.5) is 11.6 Å². The van der Waals surface area contributed by atoms with Gasteiger partial charge in [0.05, 0.1) is 5.57 Å². The number of phenolic OH excluding ortho intramolecular Hbond substituents is 1. The molecule has 160 valence electrons. The number of benzene rings is 2. The summed E-state index contributed by atoms with van der Waals surface area (Å²) < 4.78 is 7.57. The number of amides is 1. The molecule has 5 rings (SSSR count). The predicted octanol–water partition coefficient (Wildman–Crippen LogP) is 4.48. The number of nitrogens with one attached hydrogen (secondary N) is 2. The average Bonchev–Trinajstić information content (AvgIpc) is 3.39. The lowest BCUT2D eigenvalue weighted by molar-refractivity contribution is -0.113. The molecule has 1 aliphatic rings. The number of nitrogens with zero attached hydrogens (tertiary/aromatic N) is 3. The van der Waals surface area contributed by atoms with Crippen molar-refractivity contribution >= 4 is 17.5 Å². The van der Waals surface area contributed by atoms with Gasteiger partial charge in [0.1, 0.15) is 23.3 Å². The van der Waals surface area contributed by atoms with Crippen LogP contribution in [-0.4, -0.2) is 25.8 Å². The average molecular weight is 427 g/mol. The van der Waals surface area contributed by atoms with Crippen molar-refractivity contribution in [3.05, 3.63) is 89.5 Å². The van der Waals surface area contributed by atoms with Crippen LogP contribution in [0, 0.1) is 6.92 Å². The zero-order chi connectivity index (χ0) is 22.2. The molecule has 2 aromatic carbocycles. The van der Waals surface area contributed by atoms with Gasteiger partial charge in [-0.15, -0.1) is 5.10 Å². The van der Waals surface area contributed by atoms with Gasteiger partial charge in [-0.1, -0.05) is 30.3 Å². The van der Waals surface area contributed by atoms with E-state index in [0.29, 0.717) is 40.1 Å². The van der Waals surface area contributed by atoms with Crippen molar-refractivity contribution in [1.29, 1.82) is 0 Å². The first kappa shape index (κ1) is 19.6. The number of anilines is 2. The van der Waals surface area contributed by atoms with E-state index in [4.69, 9.17) is 4.42 Å². The van der Waals surface area contributed by atoms with Gasteiger partial charge in [-0.2, -0.15) is 4.98 Å². The highest BCUT2D eigenvalue weighted by Crippen LogP contribution is 2.37. The highest BCUT2D eigenvalue weighted by atomic mass is 16.3. The third-order valence-corrected chi connectivity index (χ3v) is 5.26. The van der Waals surface area contributed by atoms with Crippen LogP contribution in [0.5, 0.6) is 5.75 Å². The van der Waals surface area contributed by atoms with Crippen molar-refractivity contribution in [2.75, 3.05) is 10.6 Å². The van der Waals surface area contributed by atoms with Crippen molar-refractivity contribution in [3.63, 3.8) is 0 Å². The van der Waals surface area contributed by atoms with E-state index in [2.05, 4.69) is 20.7 Å². The molecule has 0 aliphatic carbocycles. The monoisotopic (exact) mass is 427 g/mol. The van der Waals surface area contributed by atoms with E-state index in [1.165, 1.54) is 0 Å². The maximum absolute atomic E-state index is 13.4. The van der Waals surface area contributed by atoms with Gasteiger partial charge >= 0.3 is 0 Å². The standard InChI is InChI=1S/C24H21N5O3/c1-14-11-12-19(32-14)21-20(23(31)26-17-8-4-3-5-9-17)15(2)25-24-27-22(28-29(21)24)16-7-6-10-18(30)13-16/h3-13,21,30H,1-2H3,(H,26,31)(H,25,27,28). The molecule has 0 saturated carbocycles. The Morgan fingerprint density at radius 3 is 2.62 bits per heavy atom. The normalized spacial score (nSPS) is 15.2. The van der Waals surface area contributed by atoms with Gasteiger partial charge in [-0.3, -0.25) is 4.79 Å². The Morgan fingerprint density at radius 2 is 1.91 bits per heavy atom. The number of hydrogen-bond acceptors (Lipinski definition) is 6. The second-order valence-corrected chi connectivity index (χ2v) is 7.59. The van der Waals surface area contributed by atoms with E-state index in [-0.39, 0.29) is 11.7 Å². The number of aryl methyl sites for hydroxylation is 1. The van der Waals surface area contributed by atoms with Gasteiger partial charge in [0.25, 0.3) is 5.91 Å². The lowest BCUT2D eigenvalue weighted by Crippen LogP contribution is -2.31. The van der Waals surface area contributed by atoms with E-state index in [9.17, 15) is 9.90 Å². The molecule has 3 heterocycles. The molecule has 2 aromatic heterocycles. The number of hydrogen-bond donors (Lipinski definition) is 3. The minimum atomic E-state index is -0.609. The fourth-order valence-electron chi connectivity index (χ4n) is 3.80. The molecule has 0 radical (unpaired) electrons. The lowest BCUT2D eigenvalue weighted by atomic mass is 10.00. The lowest BCUT2D eigenvalue weighted by Gasteiger charge is -2.27. The largest absolute Gasteiger partial charge is 0.508 e. The number of aromatic hydroxyl groups is 1. The fourth-order valence-corrected chi connectivity index (χ4v) is 3.80. The van der Waals surface area contributed by atoms with Crippen LogP contribution in [0.15, 0.2) is 82.4 Å². The first-order valence-electron chi connectivity index (χ1n) is 10.2. The van der Waals surface area contributed by atoms with E-state index in [1.54, 1.807) is 22.9 Å². The van der Waals surface area contributed by atoms with Crippen LogP contribution < -0.4 is 10.6 Å². The smallest absolute Gasteiger partial charge is 0.256 e. The molecular formula is C24H21N5O3. The van der Waals surface area contributed by atoms with Crippen LogP contribution in [0.25, 0.3) is 11.4 Å². The molecule has 32 heavy (non-hydrogen) atoms. The van der Waals surface area contributed by atoms with Crippen LogP contribution in [-0.2, 0) is 4.79 Å². The van der Waals surface area contributed by atoms with Gasteiger partial charge in [0.15, 0.2) is 5.82 Å². The number of fused-ring (bicyclic) bond motifs is 1. The Labute approximate surface area is 184 Å². The molecule has 0 saturated heterocycles. The van der Waals surface area contributed by atoms with Gasteiger partial charge in [-0.05, 0) is 50.2 Å². The van der Waals surface area contributed by atoms with Crippen molar-refractivity contribution in [3.8, 4) is 17.1 Å². The molecule has 8 nitrogen and oxygen atoms in total. The summed E-state index contributed by atoms with van der Waals surface area (Å²) in [5, 5.41) is 20.7. The molecule has 1 unspecified atom stereocenters. The summed E-state index contributed by atoms with van der Waals surface area (Å²) in [7, 11) is 0. The first-order valence-corrected chi connectivity index (χ1v) is 10.2. The highest BCUT2D eigenvalue weighted by Gasteiger charge is 2.36. The topological polar surface area (TPSA) is 105 Å². The second-order valence-electron chi connectivity index (χ2n) is 7.59. The molecule has 1 atom stereocenters. The number of aromatic nitrogens is 3. The molecule has 8 heteroatoms. The molecular weight excluding hydrogens is 406 g/mol. The summed E-state index contributed by atoms with van der Waals surface area (Å²) in [6.45, 7) is 3.68. The summed E-state index contributed by atoms with van der Waals surface area (Å²) in [4.78, 5) is 17.9. The zero-order valence-corrected chi connectivity index (χ0v) is 17.5. The van der Waals surface area contributed by atoms with Gasteiger partial charge < -0.3 is 20.2 Å². The quantitative estimate of drug-likeness (QED) is 0.444. The number of carbonyl (C=O) groups excluding carboxylic acids is 1. The molecule has 4 aromatic rings. The molecule has 1 amide bonds. The maximum Gasteiger partial charge on any atom is 0.256 e. The Morgan fingerprint density at radius 1 is 1.09 bits per heavy atom. The summed E-state index contributed by atoms with van der Waals surface area (Å²) in [6.07, 6.45) is 0. The van der Waals surface area contributed by atoms with Crippen LogP contribution >= 0.6 is 0 Å². The van der Waals surface area contributed by atoms with Gasteiger partial charge in [-0.25, -0.2) is 4.68 Å². The van der Waals surface area contributed by atoms with Crippen molar-refractivity contribution in [2.24, 2.45) is 0 Å². The SMILES string of the molecule is CC1=C(C(=O)Nc2ccccc2)C(c2ccc(C)o2)n2nc(-c3cccc(O)c3)nc2N1. The number of allylic oxidation sites excluding steroid dienone is 1. The van der Waals surface area contributed by atoms with E-state index in [1.807, 2.05) is 62.4 Å². The van der Waals surface area contributed by atoms with Crippen molar-refractivity contribution in [1.82, 2.24) is 14.8 Å². The molecule has 3 N–H and O–H groups in total. The van der Waals surface area contributed by atoms with Crippen LogP contribution in [0.1, 0.15) is 24.5 Å².